The number of phenols is 1. The van der Waals surface area contributed by atoms with Crippen molar-refractivity contribution in [2.75, 3.05) is 0 Å². The van der Waals surface area contributed by atoms with Crippen LogP contribution in [0.25, 0.3) is 83.9 Å². The maximum Gasteiger partial charge on any atom is 0.149 e. The third-order valence-electron chi connectivity index (χ3n) is 13.4. The molecular weight excluding hydrogens is 827 g/mol. The molecule has 4 heteroatoms. The second kappa shape index (κ2) is 17.2. The van der Waals surface area contributed by atoms with E-state index in [9.17, 15) is 5.11 Å². The Hall–Kier alpha value is -7.04. The van der Waals surface area contributed by atoms with Crippen LogP contribution in [0.1, 0.15) is 105 Å². The quantitative estimate of drug-likeness (QED) is 0.173. The molecule has 0 aliphatic heterocycles. The average Bonchev–Trinajstić information content (AvgIpc) is 3.70. The number of phenolic OH excluding ortho intramolecular Hbond substituents is 1. The van der Waals surface area contributed by atoms with Gasteiger partial charge in [-0.3, -0.25) is 9.55 Å². The van der Waals surface area contributed by atoms with E-state index in [1.54, 1.807) is 0 Å². The molecule has 68 heavy (non-hydrogen) atoms. The molecule has 2 aromatic heterocycles. The first-order valence-corrected chi connectivity index (χ1v) is 24.0. The van der Waals surface area contributed by atoms with E-state index < -0.39 is 0 Å². The van der Waals surface area contributed by atoms with Gasteiger partial charge in [0.2, 0.25) is 0 Å². The monoisotopic (exact) mass is 892 g/mol. The zero-order valence-corrected chi connectivity index (χ0v) is 42.0. The molecule has 0 bridgehead atoms. The van der Waals surface area contributed by atoms with Crippen LogP contribution in [-0.2, 0) is 21.7 Å². The van der Waals surface area contributed by atoms with E-state index >= 15 is 0 Å². The van der Waals surface area contributed by atoms with Crippen LogP contribution in [-0.4, -0.2) is 19.6 Å². The fourth-order valence-corrected chi connectivity index (χ4v) is 9.17. The summed E-state index contributed by atoms with van der Waals surface area (Å²) in [6, 6.07) is 58.9. The van der Waals surface area contributed by atoms with Crippen molar-refractivity contribution in [2.45, 2.75) is 105 Å². The van der Waals surface area contributed by atoms with Gasteiger partial charge in [-0.15, -0.1) is 0 Å². The van der Waals surface area contributed by atoms with E-state index in [1.807, 2.05) is 6.20 Å². The maximum absolute atomic E-state index is 12.6. The Bertz CT molecular complexity index is 3290. The number of aromatic nitrogens is 3. The number of hydrogen-bond acceptors (Lipinski definition) is 3. The summed E-state index contributed by atoms with van der Waals surface area (Å²) in [5, 5.41) is 12.6. The number of nitrogens with zero attached hydrogens (tertiary/aromatic N) is 3. The summed E-state index contributed by atoms with van der Waals surface area (Å²) in [6.45, 7) is 26.8. The molecule has 0 aliphatic carbocycles. The Morgan fingerprint density at radius 3 is 1.53 bits per heavy atom. The number of fused-ring (bicyclic) bond motifs is 1. The first-order valence-electron chi connectivity index (χ1n) is 24.0. The lowest BCUT2D eigenvalue weighted by Gasteiger charge is -2.28. The smallest absolute Gasteiger partial charge is 0.149 e. The van der Waals surface area contributed by atoms with Crippen molar-refractivity contribution in [3.8, 4) is 78.6 Å². The molecule has 0 spiro atoms. The van der Waals surface area contributed by atoms with Gasteiger partial charge in [-0.2, -0.15) is 0 Å². The van der Waals surface area contributed by atoms with Gasteiger partial charge in [-0.1, -0.05) is 198 Å². The Kier molecular flexibility index (Phi) is 11.7. The van der Waals surface area contributed by atoms with E-state index in [0.29, 0.717) is 11.4 Å². The van der Waals surface area contributed by atoms with Gasteiger partial charge in [-0.05, 0) is 126 Å². The summed E-state index contributed by atoms with van der Waals surface area (Å²) in [5.74, 6) is 0.961. The number of hydrogen-bond donors (Lipinski definition) is 1. The third kappa shape index (κ3) is 9.17. The molecule has 2 heterocycles. The minimum Gasteiger partial charge on any atom is -0.507 e. The van der Waals surface area contributed by atoms with Crippen LogP contribution in [0, 0.1) is 0 Å². The molecule has 0 radical (unpaired) electrons. The van der Waals surface area contributed by atoms with Gasteiger partial charge in [-0.25, -0.2) is 4.98 Å². The van der Waals surface area contributed by atoms with Crippen LogP contribution in [0.3, 0.4) is 0 Å². The number of imidazole rings is 1. The first kappa shape index (κ1) is 46.1. The largest absolute Gasteiger partial charge is 0.507 e. The molecule has 0 unspecified atom stereocenters. The van der Waals surface area contributed by atoms with E-state index in [1.165, 1.54) is 22.3 Å². The Balaban J connectivity index is 1.29. The number of rotatable bonds is 7. The van der Waals surface area contributed by atoms with Crippen LogP contribution >= 0.6 is 0 Å². The lowest BCUT2D eigenvalue weighted by atomic mass is 9.79. The van der Waals surface area contributed by atoms with Crippen molar-refractivity contribution in [3.05, 3.63) is 192 Å². The van der Waals surface area contributed by atoms with Crippen molar-refractivity contribution in [1.82, 2.24) is 14.5 Å². The normalized spacial score (nSPS) is 12.5. The zero-order chi connectivity index (χ0) is 48.3. The molecule has 0 saturated carbocycles. The minimum atomic E-state index is -0.324. The summed E-state index contributed by atoms with van der Waals surface area (Å²) in [4.78, 5) is 10.7. The molecule has 1 N–H and O–H groups in total. The van der Waals surface area contributed by atoms with Crippen LogP contribution in [0.15, 0.2) is 170 Å². The SMILES string of the molecule is CC(C)(C)c1cc(-c2cc(-c3ccc(-c4ccccc4)cc3)ccn2)cc(-c2cccc3c2nc(-c2cc(C(C)(C)C)cc(C(C)(C)C)c2O)n3-c2cc(-c3ccccc3)cc(C(C)(C)C)c2)c1. The molecule has 342 valence electrons. The van der Waals surface area contributed by atoms with Crippen LogP contribution in [0.5, 0.6) is 5.75 Å². The molecule has 0 atom stereocenters. The molecular formula is C64H65N3O. The Morgan fingerprint density at radius 2 is 0.926 bits per heavy atom. The molecule has 9 rings (SSSR count). The Labute approximate surface area is 404 Å². The highest BCUT2D eigenvalue weighted by atomic mass is 16.3. The molecule has 0 aliphatic rings. The van der Waals surface area contributed by atoms with E-state index in [-0.39, 0.29) is 27.4 Å². The maximum atomic E-state index is 12.6. The summed E-state index contributed by atoms with van der Waals surface area (Å²) < 4.78 is 2.29. The van der Waals surface area contributed by atoms with Crippen LogP contribution in [0.4, 0.5) is 0 Å². The van der Waals surface area contributed by atoms with Gasteiger partial charge in [0.1, 0.15) is 11.6 Å². The van der Waals surface area contributed by atoms with Crippen LogP contribution in [0.2, 0.25) is 0 Å². The summed E-state index contributed by atoms with van der Waals surface area (Å²) in [5.41, 5.74) is 18.1. The molecule has 4 nitrogen and oxygen atoms in total. The lowest BCUT2D eigenvalue weighted by Crippen LogP contribution is -2.17. The van der Waals surface area contributed by atoms with Gasteiger partial charge < -0.3 is 5.11 Å². The van der Waals surface area contributed by atoms with Gasteiger partial charge in [0, 0.05) is 28.6 Å². The zero-order valence-electron chi connectivity index (χ0n) is 42.0. The molecule has 7 aromatic carbocycles. The van der Waals surface area contributed by atoms with Gasteiger partial charge in [0.15, 0.2) is 0 Å². The lowest BCUT2D eigenvalue weighted by molar-refractivity contribution is 0.446. The predicted octanol–water partition coefficient (Wildman–Crippen LogP) is 17.3. The summed E-state index contributed by atoms with van der Waals surface area (Å²) in [7, 11) is 0. The highest BCUT2D eigenvalue weighted by molar-refractivity contribution is 5.97. The second-order valence-electron chi connectivity index (χ2n) is 22.7. The molecule has 9 aromatic rings. The predicted molar refractivity (Wildman–Crippen MR) is 288 cm³/mol. The molecule has 0 fully saturated rings. The first-order chi connectivity index (χ1) is 32.1. The summed E-state index contributed by atoms with van der Waals surface area (Å²) in [6.07, 6.45) is 1.92. The van der Waals surface area contributed by atoms with E-state index in [4.69, 9.17) is 9.97 Å². The van der Waals surface area contributed by atoms with Crippen molar-refractivity contribution in [2.24, 2.45) is 0 Å². The summed E-state index contributed by atoms with van der Waals surface area (Å²) >= 11 is 0. The molecule has 0 saturated heterocycles. The molecule has 0 amide bonds. The van der Waals surface area contributed by atoms with Crippen LogP contribution < -0.4 is 0 Å². The average molecular weight is 892 g/mol. The highest BCUT2D eigenvalue weighted by Crippen LogP contribution is 2.46. The Morgan fingerprint density at radius 1 is 0.397 bits per heavy atom. The topological polar surface area (TPSA) is 50.9 Å². The minimum absolute atomic E-state index is 0.143. The fraction of sp³-hybridized carbons (Fsp3) is 0.250. The van der Waals surface area contributed by atoms with E-state index in [0.717, 1.165) is 72.5 Å². The fourth-order valence-electron chi connectivity index (χ4n) is 9.17. The second-order valence-corrected chi connectivity index (χ2v) is 22.7. The van der Waals surface area contributed by atoms with Gasteiger partial charge in [0.25, 0.3) is 0 Å². The third-order valence-corrected chi connectivity index (χ3v) is 13.4. The van der Waals surface area contributed by atoms with Crippen molar-refractivity contribution >= 4 is 11.0 Å². The standard InChI is InChI=1S/C64H65N3O/c1-61(2,3)49-34-47(32-48(35-49)56-37-45(30-31-65-56)44-28-26-43(27-29-44)41-20-15-13-16-21-41)53-24-19-25-57-58(53)66-60(54-39-51(63(7,8)9)40-55(59(54)68)64(10,11)12)67(57)52-36-46(42-22-17-14-18-23-42)33-50(38-52)62(4,5)6/h13-40,68H,1-12H3. The number of para-hydroxylation sites is 1. The van der Waals surface area contributed by atoms with E-state index in [2.05, 4.69) is 251 Å². The van der Waals surface area contributed by atoms with Crippen molar-refractivity contribution in [1.29, 1.82) is 0 Å². The highest BCUT2D eigenvalue weighted by Gasteiger charge is 2.30. The van der Waals surface area contributed by atoms with Crippen molar-refractivity contribution < 1.29 is 5.11 Å². The number of aromatic hydroxyl groups is 1. The van der Waals surface area contributed by atoms with Gasteiger partial charge >= 0.3 is 0 Å². The number of benzene rings is 7. The van der Waals surface area contributed by atoms with Gasteiger partial charge in [0.05, 0.1) is 22.3 Å². The number of pyridine rings is 1. The van der Waals surface area contributed by atoms with Crippen molar-refractivity contribution in [3.63, 3.8) is 0 Å².